The smallest absolute Gasteiger partial charge is 0.328 e. The zero-order chi connectivity index (χ0) is 24.5. The summed E-state index contributed by atoms with van der Waals surface area (Å²) in [5, 5.41) is 12.6. The summed E-state index contributed by atoms with van der Waals surface area (Å²) in [6.07, 6.45) is 11.5. The van der Waals surface area contributed by atoms with Crippen LogP contribution >= 0.6 is 0 Å². The summed E-state index contributed by atoms with van der Waals surface area (Å²) in [5.41, 5.74) is 3.39. The number of hydrogen-bond donors (Lipinski definition) is 2. The minimum atomic E-state index is -0.750. The number of aromatic hydroxyl groups is 1. The van der Waals surface area contributed by atoms with Crippen molar-refractivity contribution in [3.63, 3.8) is 0 Å². The van der Waals surface area contributed by atoms with Gasteiger partial charge < -0.3 is 15.2 Å². The highest BCUT2D eigenvalue weighted by atomic mass is 16.5. The molecule has 1 aromatic carbocycles. The number of benzene rings is 1. The molecule has 0 saturated heterocycles. The fourth-order valence-electron chi connectivity index (χ4n) is 6.56. The number of carbonyl (C=O) groups excluding carboxylic acids is 2. The van der Waals surface area contributed by atoms with Crippen LogP contribution in [0.25, 0.3) is 0 Å². The summed E-state index contributed by atoms with van der Waals surface area (Å²) < 4.78 is 5.02. The highest BCUT2D eigenvalue weighted by Crippen LogP contribution is 2.55. The van der Waals surface area contributed by atoms with Crippen molar-refractivity contribution in [2.75, 3.05) is 7.11 Å². The molecule has 1 aromatic rings. The van der Waals surface area contributed by atoms with Crippen LogP contribution in [0.15, 0.2) is 47.6 Å². The first-order valence-corrected chi connectivity index (χ1v) is 12.8. The minimum absolute atomic E-state index is 0.0394. The molecule has 0 radical (unpaired) electrons. The number of phenolic OH excluding ortho intramolecular Hbond substituents is 1. The first kappa shape index (κ1) is 24.6. The Bertz CT molecular complexity index is 976. The van der Waals surface area contributed by atoms with Crippen LogP contribution in [0.3, 0.4) is 0 Å². The topological polar surface area (TPSA) is 75.6 Å². The molecule has 1 fully saturated rings. The van der Waals surface area contributed by atoms with Crippen LogP contribution in [-0.2, 0) is 20.7 Å². The second-order valence-corrected chi connectivity index (χ2v) is 11.0. The van der Waals surface area contributed by atoms with Gasteiger partial charge in [0.15, 0.2) is 0 Å². The van der Waals surface area contributed by atoms with Gasteiger partial charge in [-0.2, -0.15) is 0 Å². The van der Waals surface area contributed by atoms with E-state index in [0.29, 0.717) is 24.2 Å². The van der Waals surface area contributed by atoms with Gasteiger partial charge in [-0.15, -0.1) is 0 Å². The molecule has 1 saturated carbocycles. The van der Waals surface area contributed by atoms with E-state index in [1.807, 2.05) is 0 Å². The van der Waals surface area contributed by atoms with E-state index in [1.165, 1.54) is 25.5 Å². The van der Waals surface area contributed by atoms with Gasteiger partial charge in [0.2, 0.25) is 5.91 Å². The Balaban J connectivity index is 1.53. The van der Waals surface area contributed by atoms with E-state index in [4.69, 9.17) is 4.74 Å². The zero-order valence-electron chi connectivity index (χ0n) is 21.0. The quantitative estimate of drug-likeness (QED) is 0.556. The molecular weight excluding hydrogens is 426 g/mol. The number of carbonyl (C=O) groups is 2. The largest absolute Gasteiger partial charge is 0.508 e. The summed E-state index contributed by atoms with van der Waals surface area (Å²) in [7, 11) is 1.35. The summed E-state index contributed by atoms with van der Waals surface area (Å²) >= 11 is 0. The standard InChI is InChI=1S/C29H39NO4/c1-18(2)20-9-13-23-21(17-20)10-14-25-24(23)6-5-15-29(25,3)28(33)30-26(27(32)34-4)16-19-7-11-22(31)12-8-19/h7-8,10-12,17-18,23-26,31H,5-6,9,13-16H2,1-4H3,(H,30,33)/t23-,24+,25+,26-,29+/m0/s1. The van der Waals surface area contributed by atoms with Gasteiger partial charge >= 0.3 is 5.97 Å². The van der Waals surface area contributed by atoms with E-state index in [2.05, 4.69) is 38.2 Å². The number of methoxy groups -OCH3 is 1. The molecule has 2 N–H and O–H groups in total. The normalized spacial score (nSPS) is 29.3. The minimum Gasteiger partial charge on any atom is -0.508 e. The van der Waals surface area contributed by atoms with Crippen LogP contribution in [0.1, 0.15) is 64.9 Å². The van der Waals surface area contributed by atoms with Crippen LogP contribution in [0.5, 0.6) is 5.75 Å². The van der Waals surface area contributed by atoms with E-state index in [1.54, 1.807) is 29.8 Å². The zero-order valence-corrected chi connectivity index (χ0v) is 21.0. The van der Waals surface area contributed by atoms with Gasteiger partial charge in [0.05, 0.1) is 7.11 Å². The number of rotatable bonds is 6. The molecule has 0 bridgehead atoms. The van der Waals surface area contributed by atoms with E-state index in [-0.39, 0.29) is 17.6 Å². The molecule has 5 heteroatoms. The molecular formula is C29H39NO4. The van der Waals surface area contributed by atoms with Crippen molar-refractivity contribution >= 4 is 11.9 Å². The summed E-state index contributed by atoms with van der Waals surface area (Å²) in [6.45, 7) is 6.65. The van der Waals surface area contributed by atoms with Gasteiger partial charge in [-0.3, -0.25) is 4.79 Å². The first-order valence-electron chi connectivity index (χ1n) is 12.8. The van der Waals surface area contributed by atoms with Crippen molar-refractivity contribution in [1.82, 2.24) is 5.32 Å². The van der Waals surface area contributed by atoms with Crippen molar-refractivity contribution in [2.24, 2.45) is 29.1 Å². The van der Waals surface area contributed by atoms with Gasteiger partial charge in [0, 0.05) is 11.8 Å². The van der Waals surface area contributed by atoms with Crippen LogP contribution in [0.2, 0.25) is 0 Å². The van der Waals surface area contributed by atoms with Crippen molar-refractivity contribution in [1.29, 1.82) is 0 Å². The molecule has 34 heavy (non-hydrogen) atoms. The number of nitrogens with one attached hydrogen (secondary N) is 1. The summed E-state index contributed by atoms with van der Waals surface area (Å²) in [4.78, 5) is 26.3. The predicted octanol–water partition coefficient (Wildman–Crippen LogP) is 5.34. The van der Waals surface area contributed by atoms with Crippen LogP contribution in [-0.4, -0.2) is 30.1 Å². The maximum atomic E-state index is 13.8. The summed E-state index contributed by atoms with van der Waals surface area (Å²) in [5.74, 6) is 1.63. The Morgan fingerprint density at radius 2 is 1.94 bits per heavy atom. The molecule has 0 aliphatic heterocycles. The molecule has 0 heterocycles. The first-order chi connectivity index (χ1) is 16.2. The van der Waals surface area contributed by atoms with Gasteiger partial charge in [-0.05, 0) is 79.0 Å². The van der Waals surface area contributed by atoms with Gasteiger partial charge in [0.1, 0.15) is 11.8 Å². The third-order valence-corrected chi connectivity index (χ3v) is 8.64. The highest BCUT2D eigenvalue weighted by molar-refractivity contribution is 5.88. The Morgan fingerprint density at radius 1 is 1.21 bits per heavy atom. The molecule has 5 atom stereocenters. The Morgan fingerprint density at radius 3 is 2.62 bits per heavy atom. The maximum Gasteiger partial charge on any atom is 0.328 e. The Kier molecular flexibility index (Phi) is 7.20. The Labute approximate surface area is 203 Å². The SMILES string of the molecule is COC(=O)[C@H](Cc1ccc(O)cc1)NC(=O)[C@]1(C)CCC[C@H]2[C@H]1CC=C1C=C(C(C)C)CC[C@@H]12. The highest BCUT2D eigenvalue weighted by Gasteiger charge is 2.51. The Hall–Kier alpha value is -2.56. The molecule has 3 aliphatic rings. The lowest BCUT2D eigenvalue weighted by Crippen LogP contribution is -2.55. The number of amides is 1. The molecule has 1 amide bonds. The van der Waals surface area contributed by atoms with Crippen LogP contribution in [0.4, 0.5) is 0 Å². The lowest BCUT2D eigenvalue weighted by molar-refractivity contribution is -0.149. The molecule has 5 nitrogen and oxygen atoms in total. The maximum absolute atomic E-state index is 13.8. The third kappa shape index (κ3) is 4.80. The molecule has 0 spiro atoms. The average Bonchev–Trinajstić information content (AvgIpc) is 2.84. The van der Waals surface area contributed by atoms with E-state index < -0.39 is 17.4 Å². The van der Waals surface area contributed by atoms with Crippen LogP contribution < -0.4 is 5.32 Å². The van der Waals surface area contributed by atoms with Gasteiger partial charge in [-0.25, -0.2) is 4.79 Å². The van der Waals surface area contributed by atoms with Crippen molar-refractivity contribution in [3.8, 4) is 5.75 Å². The number of hydrogen-bond acceptors (Lipinski definition) is 4. The van der Waals surface area contributed by atoms with E-state index in [0.717, 1.165) is 31.2 Å². The van der Waals surface area contributed by atoms with E-state index >= 15 is 0 Å². The van der Waals surface area contributed by atoms with Crippen LogP contribution in [0, 0.1) is 29.1 Å². The summed E-state index contributed by atoms with van der Waals surface area (Å²) in [6, 6.07) is 5.97. The number of esters is 1. The molecule has 4 rings (SSSR count). The second kappa shape index (κ2) is 9.97. The molecule has 0 aromatic heterocycles. The molecule has 0 unspecified atom stereocenters. The average molecular weight is 466 g/mol. The van der Waals surface area contributed by atoms with Crippen molar-refractivity contribution in [2.45, 2.75) is 71.8 Å². The molecule has 184 valence electrons. The fourth-order valence-corrected chi connectivity index (χ4v) is 6.56. The number of ether oxygens (including phenoxy) is 1. The van der Waals surface area contributed by atoms with Gasteiger partial charge in [0.25, 0.3) is 0 Å². The lowest BCUT2D eigenvalue weighted by atomic mass is 9.53. The van der Waals surface area contributed by atoms with E-state index in [9.17, 15) is 14.7 Å². The number of allylic oxidation sites excluding steroid dienone is 4. The van der Waals surface area contributed by atoms with Gasteiger partial charge in [-0.1, -0.05) is 57.0 Å². The monoisotopic (exact) mass is 465 g/mol. The molecule has 3 aliphatic carbocycles. The lowest BCUT2D eigenvalue weighted by Gasteiger charge is -2.51. The predicted molar refractivity (Wildman–Crippen MR) is 133 cm³/mol. The number of fused-ring (bicyclic) bond motifs is 3. The second-order valence-electron chi connectivity index (χ2n) is 11.0. The fraction of sp³-hybridized carbons (Fsp3) is 0.586. The van der Waals surface area contributed by atoms with Crippen molar-refractivity contribution < 1.29 is 19.4 Å². The number of phenols is 1. The van der Waals surface area contributed by atoms with Crippen molar-refractivity contribution in [3.05, 3.63) is 53.1 Å². The third-order valence-electron chi connectivity index (χ3n) is 8.64.